The van der Waals surface area contributed by atoms with Gasteiger partial charge in [0.25, 0.3) is 0 Å². The highest BCUT2D eigenvalue weighted by atomic mass is 16.3. The van der Waals surface area contributed by atoms with Gasteiger partial charge in [-0.15, -0.1) is 0 Å². The lowest BCUT2D eigenvalue weighted by Gasteiger charge is -2.34. The first-order chi connectivity index (χ1) is 18.1. The molecular weight excluding hydrogens is 484 g/mol. The average Bonchev–Trinajstić information content (AvgIpc) is 2.94. The monoisotopic (exact) mass is 528 g/mol. The van der Waals surface area contributed by atoms with Crippen LogP contribution in [0, 0.1) is 11.8 Å². The second-order valence-electron chi connectivity index (χ2n) is 10.3. The van der Waals surface area contributed by atoms with Gasteiger partial charge in [-0.1, -0.05) is 101 Å². The highest BCUT2D eigenvalue weighted by molar-refractivity contribution is 5.81. The predicted molar refractivity (Wildman–Crippen MR) is 147 cm³/mol. The summed E-state index contributed by atoms with van der Waals surface area (Å²) in [6.45, 7) is 7.25. The summed E-state index contributed by atoms with van der Waals surface area (Å²) in [5.41, 5.74) is 1.64. The zero-order valence-corrected chi connectivity index (χ0v) is 22.8. The third-order valence-corrected chi connectivity index (χ3v) is 7.33. The lowest BCUT2D eigenvalue weighted by molar-refractivity contribution is -0.136. The summed E-state index contributed by atoms with van der Waals surface area (Å²) >= 11 is 0. The maximum atomic E-state index is 12.9. The van der Waals surface area contributed by atoms with Gasteiger partial charge in [-0.3, -0.25) is 9.59 Å². The second-order valence-corrected chi connectivity index (χ2v) is 10.3. The van der Waals surface area contributed by atoms with Crippen molar-refractivity contribution in [2.75, 3.05) is 0 Å². The first-order valence-electron chi connectivity index (χ1n) is 13.5. The Hall–Kier alpha value is -2.78. The first-order valence-corrected chi connectivity index (χ1v) is 13.5. The Labute approximate surface area is 226 Å². The molecule has 2 aromatic carbocycles. The number of carbonyl (C=O) groups is 2. The van der Waals surface area contributed by atoms with Crippen molar-refractivity contribution >= 4 is 11.8 Å². The SMILES string of the molecule is CCC(C)C(O)C(=O)N[C@@H](Cc1ccccc1)[C@H](O)[C@@H](O)[C@H](Cc1ccccc1)NC(=O)[C@@H](O)C(C)CC. The molecule has 8 nitrogen and oxygen atoms in total. The molecule has 0 aliphatic heterocycles. The fourth-order valence-electron chi connectivity index (χ4n) is 4.23. The molecule has 6 N–H and O–H groups in total. The van der Waals surface area contributed by atoms with Crippen molar-refractivity contribution in [1.82, 2.24) is 10.6 Å². The number of nitrogens with one attached hydrogen (secondary N) is 2. The van der Waals surface area contributed by atoms with Crippen molar-refractivity contribution < 1.29 is 30.0 Å². The van der Waals surface area contributed by atoms with Gasteiger partial charge in [-0.05, 0) is 35.8 Å². The quantitative estimate of drug-likeness (QED) is 0.209. The molecule has 0 bridgehead atoms. The topological polar surface area (TPSA) is 139 Å². The van der Waals surface area contributed by atoms with Crippen LogP contribution in [-0.2, 0) is 22.4 Å². The summed E-state index contributed by atoms with van der Waals surface area (Å²) < 4.78 is 0. The minimum Gasteiger partial charge on any atom is -0.388 e. The van der Waals surface area contributed by atoms with E-state index in [2.05, 4.69) is 10.6 Å². The van der Waals surface area contributed by atoms with Crippen molar-refractivity contribution in [2.45, 2.75) is 89.9 Å². The van der Waals surface area contributed by atoms with Crippen LogP contribution in [0.4, 0.5) is 0 Å². The van der Waals surface area contributed by atoms with Gasteiger partial charge >= 0.3 is 0 Å². The van der Waals surface area contributed by atoms with E-state index in [9.17, 15) is 30.0 Å². The Morgan fingerprint density at radius 2 is 0.947 bits per heavy atom. The molecule has 8 atom stereocenters. The number of aliphatic hydroxyl groups excluding tert-OH is 4. The standard InChI is InChI=1S/C30H44N2O6/c1-5-19(3)25(33)29(37)31-23(17-21-13-9-7-10-14-21)27(35)28(36)24(18-22-15-11-8-12-16-22)32-30(38)26(34)20(4)6-2/h7-16,19-20,23-28,33-36H,5-6,17-18H2,1-4H3,(H,31,37)(H,32,38)/t19?,20?,23-,24-,25-,26?,27-,28-/m0/s1. The van der Waals surface area contributed by atoms with Crippen molar-refractivity contribution in [3.8, 4) is 0 Å². The van der Waals surface area contributed by atoms with E-state index in [1.165, 1.54) is 0 Å². The molecule has 2 amide bonds. The molecule has 0 aliphatic rings. The lowest BCUT2D eigenvalue weighted by atomic mass is 9.90. The van der Waals surface area contributed by atoms with Crippen LogP contribution in [0.3, 0.4) is 0 Å². The number of rotatable bonds is 15. The van der Waals surface area contributed by atoms with E-state index < -0.39 is 48.3 Å². The summed E-state index contributed by atoms with van der Waals surface area (Å²) in [5.74, 6) is -1.85. The van der Waals surface area contributed by atoms with Crippen LogP contribution in [-0.4, -0.2) is 68.7 Å². The number of hydrogen-bond donors (Lipinski definition) is 6. The number of carbonyl (C=O) groups excluding carboxylic acids is 2. The minimum atomic E-state index is -1.49. The summed E-state index contributed by atoms with van der Waals surface area (Å²) in [7, 11) is 0. The fraction of sp³-hybridized carbons (Fsp3) is 0.533. The van der Waals surface area contributed by atoms with E-state index in [-0.39, 0.29) is 24.7 Å². The van der Waals surface area contributed by atoms with Crippen LogP contribution >= 0.6 is 0 Å². The van der Waals surface area contributed by atoms with E-state index in [4.69, 9.17) is 0 Å². The second kappa shape index (κ2) is 15.6. The summed E-state index contributed by atoms with van der Waals surface area (Å²) in [6.07, 6.45) is -3.95. The average molecular weight is 529 g/mol. The van der Waals surface area contributed by atoms with Gasteiger partial charge in [0.1, 0.15) is 24.4 Å². The van der Waals surface area contributed by atoms with Crippen LogP contribution < -0.4 is 10.6 Å². The Kier molecular flexibility index (Phi) is 12.9. The molecule has 2 rings (SSSR count). The van der Waals surface area contributed by atoms with Crippen LogP contribution in [0.2, 0.25) is 0 Å². The van der Waals surface area contributed by atoms with Gasteiger partial charge in [0, 0.05) is 0 Å². The molecule has 38 heavy (non-hydrogen) atoms. The number of aliphatic hydroxyl groups is 4. The van der Waals surface area contributed by atoms with Crippen LogP contribution in [0.5, 0.6) is 0 Å². The van der Waals surface area contributed by atoms with Gasteiger partial charge in [-0.25, -0.2) is 0 Å². The van der Waals surface area contributed by atoms with Gasteiger partial charge in [0.15, 0.2) is 0 Å². The molecule has 8 heteroatoms. The molecule has 0 fully saturated rings. The molecule has 2 aromatic rings. The first kappa shape index (κ1) is 31.4. The highest BCUT2D eigenvalue weighted by Gasteiger charge is 2.36. The molecule has 0 radical (unpaired) electrons. The third kappa shape index (κ3) is 9.20. The summed E-state index contributed by atoms with van der Waals surface area (Å²) in [6, 6.07) is 16.5. The maximum Gasteiger partial charge on any atom is 0.249 e. The predicted octanol–water partition coefficient (Wildman–Crippen LogP) is 1.98. The van der Waals surface area contributed by atoms with Gasteiger partial charge in [0.2, 0.25) is 11.8 Å². The zero-order chi connectivity index (χ0) is 28.2. The fourth-order valence-corrected chi connectivity index (χ4v) is 4.23. The maximum absolute atomic E-state index is 12.9. The lowest BCUT2D eigenvalue weighted by Crippen LogP contribution is -2.59. The third-order valence-electron chi connectivity index (χ3n) is 7.33. The molecule has 0 saturated carbocycles. The van der Waals surface area contributed by atoms with Gasteiger partial charge < -0.3 is 31.1 Å². The highest BCUT2D eigenvalue weighted by Crippen LogP contribution is 2.17. The smallest absolute Gasteiger partial charge is 0.249 e. The minimum absolute atomic E-state index is 0.194. The van der Waals surface area contributed by atoms with Crippen molar-refractivity contribution in [1.29, 1.82) is 0 Å². The number of benzene rings is 2. The van der Waals surface area contributed by atoms with E-state index >= 15 is 0 Å². The Bertz CT molecular complexity index is 894. The molecule has 0 saturated heterocycles. The van der Waals surface area contributed by atoms with Crippen molar-refractivity contribution in [2.24, 2.45) is 11.8 Å². The van der Waals surface area contributed by atoms with Crippen LogP contribution in [0.1, 0.15) is 51.7 Å². The zero-order valence-electron chi connectivity index (χ0n) is 22.8. The Balaban J connectivity index is 2.33. The molecular formula is C30H44N2O6. The molecule has 3 unspecified atom stereocenters. The van der Waals surface area contributed by atoms with E-state index in [1.54, 1.807) is 13.8 Å². The summed E-state index contributed by atoms with van der Waals surface area (Å²) in [5, 5.41) is 49.0. The Morgan fingerprint density at radius 1 is 0.632 bits per heavy atom. The van der Waals surface area contributed by atoms with Crippen molar-refractivity contribution in [3.63, 3.8) is 0 Å². The molecule has 210 valence electrons. The normalized spacial score (nSPS) is 17.8. The Morgan fingerprint density at radius 3 is 1.24 bits per heavy atom. The van der Waals surface area contributed by atoms with E-state index in [0.29, 0.717) is 12.8 Å². The molecule has 0 heterocycles. The van der Waals surface area contributed by atoms with Crippen LogP contribution in [0.25, 0.3) is 0 Å². The van der Waals surface area contributed by atoms with Crippen LogP contribution in [0.15, 0.2) is 60.7 Å². The number of amides is 2. The van der Waals surface area contributed by atoms with E-state index in [0.717, 1.165) is 11.1 Å². The van der Waals surface area contributed by atoms with Gasteiger partial charge in [-0.2, -0.15) is 0 Å². The molecule has 0 aliphatic carbocycles. The summed E-state index contributed by atoms with van der Waals surface area (Å²) in [4.78, 5) is 25.7. The molecule has 0 aromatic heterocycles. The molecule has 0 spiro atoms. The van der Waals surface area contributed by atoms with Gasteiger partial charge in [0.05, 0.1) is 12.1 Å². The van der Waals surface area contributed by atoms with Crippen molar-refractivity contribution in [3.05, 3.63) is 71.8 Å². The number of hydrogen-bond acceptors (Lipinski definition) is 6. The van der Waals surface area contributed by atoms with E-state index in [1.807, 2.05) is 74.5 Å². The largest absolute Gasteiger partial charge is 0.388 e.